The summed E-state index contributed by atoms with van der Waals surface area (Å²) in [6.07, 6.45) is 0.665. The first kappa shape index (κ1) is 10.9. The average Bonchev–Trinajstić information content (AvgIpc) is 2.02. The van der Waals surface area contributed by atoms with Crippen LogP contribution in [0.2, 0.25) is 0 Å². The number of nitrogens with one attached hydrogen (secondary N) is 2. The maximum atomic E-state index is 11.2. The van der Waals surface area contributed by atoms with Gasteiger partial charge in [0, 0.05) is 37.7 Å². The van der Waals surface area contributed by atoms with Gasteiger partial charge >= 0.3 is 0 Å². The van der Waals surface area contributed by atoms with Gasteiger partial charge in [-0.15, -0.1) is 0 Å². The third kappa shape index (κ3) is 4.52. The summed E-state index contributed by atoms with van der Waals surface area (Å²) in [5, 5.41) is 6.13. The van der Waals surface area contributed by atoms with Crippen LogP contribution in [0.25, 0.3) is 0 Å². The molecular formula is C9H18N2OS. The van der Waals surface area contributed by atoms with Crippen LogP contribution in [-0.2, 0) is 4.79 Å². The van der Waals surface area contributed by atoms with Crippen molar-refractivity contribution in [3.05, 3.63) is 0 Å². The topological polar surface area (TPSA) is 41.1 Å². The number of rotatable bonds is 6. The number of carbonyl (C=O) groups excluding carboxylic acids is 1. The molecule has 4 heteroatoms. The Morgan fingerprint density at radius 3 is 2.92 bits per heavy atom. The van der Waals surface area contributed by atoms with E-state index in [-0.39, 0.29) is 5.91 Å². The highest BCUT2D eigenvalue weighted by Gasteiger charge is 2.16. The van der Waals surface area contributed by atoms with Crippen molar-refractivity contribution in [3.63, 3.8) is 0 Å². The quantitative estimate of drug-likeness (QED) is 0.615. The second kappa shape index (κ2) is 6.27. The lowest BCUT2D eigenvalue weighted by molar-refractivity contribution is -0.120. The van der Waals surface area contributed by atoms with Gasteiger partial charge in [-0.25, -0.2) is 0 Å². The van der Waals surface area contributed by atoms with Gasteiger partial charge in [-0.2, -0.15) is 11.8 Å². The molecule has 0 spiro atoms. The SMILES string of the molecule is CCSCCC(=O)NCC1CNC1. The highest BCUT2D eigenvalue weighted by atomic mass is 32.2. The van der Waals surface area contributed by atoms with E-state index in [9.17, 15) is 4.79 Å². The van der Waals surface area contributed by atoms with Crippen molar-refractivity contribution in [3.8, 4) is 0 Å². The normalized spacial score (nSPS) is 16.7. The monoisotopic (exact) mass is 202 g/mol. The number of amides is 1. The van der Waals surface area contributed by atoms with Gasteiger partial charge in [0.25, 0.3) is 0 Å². The highest BCUT2D eigenvalue weighted by Crippen LogP contribution is 2.02. The molecule has 1 saturated heterocycles. The Morgan fingerprint density at radius 2 is 2.38 bits per heavy atom. The molecule has 0 bridgehead atoms. The van der Waals surface area contributed by atoms with Crippen LogP contribution < -0.4 is 10.6 Å². The van der Waals surface area contributed by atoms with E-state index in [1.807, 2.05) is 11.8 Å². The zero-order valence-electron chi connectivity index (χ0n) is 8.14. The van der Waals surface area contributed by atoms with Crippen LogP contribution in [-0.4, -0.2) is 37.0 Å². The molecule has 0 aromatic heterocycles. The lowest BCUT2D eigenvalue weighted by atomic mass is 10.0. The molecule has 0 saturated carbocycles. The van der Waals surface area contributed by atoms with Crippen LogP contribution in [0.5, 0.6) is 0 Å². The van der Waals surface area contributed by atoms with Gasteiger partial charge in [-0.1, -0.05) is 6.92 Å². The molecule has 1 fully saturated rings. The van der Waals surface area contributed by atoms with Gasteiger partial charge in [0.1, 0.15) is 0 Å². The summed E-state index contributed by atoms with van der Waals surface area (Å²) in [6, 6.07) is 0. The van der Waals surface area contributed by atoms with E-state index in [1.165, 1.54) is 0 Å². The summed E-state index contributed by atoms with van der Waals surface area (Å²) in [5.74, 6) is 2.92. The van der Waals surface area contributed by atoms with Gasteiger partial charge in [-0.3, -0.25) is 4.79 Å². The lowest BCUT2D eigenvalue weighted by Crippen LogP contribution is -2.48. The van der Waals surface area contributed by atoms with E-state index < -0.39 is 0 Å². The van der Waals surface area contributed by atoms with Crippen molar-refractivity contribution in [2.45, 2.75) is 13.3 Å². The largest absolute Gasteiger partial charge is 0.356 e. The van der Waals surface area contributed by atoms with Crippen molar-refractivity contribution >= 4 is 17.7 Å². The molecule has 76 valence electrons. The maximum Gasteiger partial charge on any atom is 0.220 e. The minimum atomic E-state index is 0.202. The van der Waals surface area contributed by atoms with E-state index in [1.54, 1.807) is 0 Å². The van der Waals surface area contributed by atoms with Gasteiger partial charge in [0.15, 0.2) is 0 Å². The van der Waals surface area contributed by atoms with Crippen LogP contribution in [0.3, 0.4) is 0 Å². The van der Waals surface area contributed by atoms with Crippen LogP contribution in [0, 0.1) is 5.92 Å². The van der Waals surface area contributed by atoms with E-state index in [4.69, 9.17) is 0 Å². The second-order valence-electron chi connectivity index (χ2n) is 3.28. The third-order valence-electron chi connectivity index (χ3n) is 2.13. The Morgan fingerprint density at radius 1 is 1.62 bits per heavy atom. The number of thioether (sulfide) groups is 1. The standard InChI is InChI=1S/C9H18N2OS/c1-2-13-4-3-9(12)11-7-8-5-10-6-8/h8,10H,2-7H2,1H3,(H,11,12). The Bertz CT molecular complexity index is 160. The Balaban J connectivity index is 1.90. The molecule has 0 unspecified atom stereocenters. The van der Waals surface area contributed by atoms with Gasteiger partial charge in [-0.05, 0) is 5.75 Å². The van der Waals surface area contributed by atoms with Crippen molar-refractivity contribution in [1.82, 2.24) is 10.6 Å². The fourth-order valence-corrected chi connectivity index (χ4v) is 1.77. The zero-order chi connectivity index (χ0) is 9.52. The lowest BCUT2D eigenvalue weighted by Gasteiger charge is -2.27. The molecule has 2 N–H and O–H groups in total. The summed E-state index contributed by atoms with van der Waals surface area (Å²) < 4.78 is 0. The first-order valence-corrected chi connectivity index (χ1v) is 6.03. The van der Waals surface area contributed by atoms with Gasteiger partial charge in [0.2, 0.25) is 5.91 Å². The molecule has 13 heavy (non-hydrogen) atoms. The summed E-state index contributed by atoms with van der Waals surface area (Å²) >= 11 is 1.82. The first-order chi connectivity index (χ1) is 6.33. The molecule has 1 aliphatic heterocycles. The number of hydrogen-bond acceptors (Lipinski definition) is 3. The predicted molar refractivity (Wildman–Crippen MR) is 57.0 cm³/mol. The molecule has 1 amide bonds. The molecule has 0 aromatic rings. The fraction of sp³-hybridized carbons (Fsp3) is 0.889. The van der Waals surface area contributed by atoms with Crippen LogP contribution in [0.15, 0.2) is 0 Å². The van der Waals surface area contributed by atoms with Crippen molar-refractivity contribution in [2.75, 3.05) is 31.1 Å². The first-order valence-electron chi connectivity index (χ1n) is 4.88. The molecule has 0 aliphatic carbocycles. The minimum Gasteiger partial charge on any atom is -0.356 e. The average molecular weight is 202 g/mol. The Hall–Kier alpha value is -0.220. The summed E-state index contributed by atoms with van der Waals surface area (Å²) in [5.41, 5.74) is 0. The Labute approximate surface area is 84.0 Å². The molecule has 0 aromatic carbocycles. The van der Waals surface area contributed by atoms with Crippen molar-refractivity contribution in [2.24, 2.45) is 5.92 Å². The molecular weight excluding hydrogens is 184 g/mol. The molecule has 0 radical (unpaired) electrons. The maximum absolute atomic E-state index is 11.2. The van der Waals surface area contributed by atoms with Crippen LogP contribution in [0.1, 0.15) is 13.3 Å². The molecule has 0 atom stereocenters. The fourth-order valence-electron chi connectivity index (χ4n) is 1.15. The van der Waals surface area contributed by atoms with Crippen LogP contribution >= 0.6 is 11.8 Å². The van der Waals surface area contributed by atoms with Crippen molar-refractivity contribution in [1.29, 1.82) is 0 Å². The minimum absolute atomic E-state index is 0.202. The Kier molecular flexibility index (Phi) is 5.23. The van der Waals surface area contributed by atoms with Crippen molar-refractivity contribution < 1.29 is 4.79 Å². The summed E-state index contributed by atoms with van der Waals surface area (Å²) in [6.45, 7) is 5.08. The summed E-state index contributed by atoms with van der Waals surface area (Å²) in [4.78, 5) is 11.2. The molecule has 1 heterocycles. The second-order valence-corrected chi connectivity index (χ2v) is 4.67. The number of carbonyl (C=O) groups is 1. The molecule has 1 rings (SSSR count). The zero-order valence-corrected chi connectivity index (χ0v) is 8.95. The molecule has 3 nitrogen and oxygen atoms in total. The van der Waals surface area contributed by atoms with E-state index >= 15 is 0 Å². The number of hydrogen-bond donors (Lipinski definition) is 2. The highest BCUT2D eigenvalue weighted by molar-refractivity contribution is 7.99. The van der Waals surface area contributed by atoms with Gasteiger partial charge in [0.05, 0.1) is 0 Å². The summed E-state index contributed by atoms with van der Waals surface area (Å²) in [7, 11) is 0. The van der Waals surface area contributed by atoms with E-state index in [2.05, 4.69) is 17.6 Å². The smallest absolute Gasteiger partial charge is 0.220 e. The predicted octanol–water partition coefficient (Wildman–Crippen LogP) is 0.465. The third-order valence-corrected chi connectivity index (χ3v) is 3.03. The van der Waals surface area contributed by atoms with E-state index in [0.717, 1.165) is 31.1 Å². The van der Waals surface area contributed by atoms with E-state index in [0.29, 0.717) is 12.3 Å². The van der Waals surface area contributed by atoms with Gasteiger partial charge < -0.3 is 10.6 Å². The van der Waals surface area contributed by atoms with Crippen LogP contribution in [0.4, 0.5) is 0 Å². The molecule has 1 aliphatic rings.